The zero-order valence-electron chi connectivity index (χ0n) is 15.5. The van der Waals surface area contributed by atoms with Gasteiger partial charge < -0.3 is 4.42 Å². The Morgan fingerprint density at radius 2 is 1.69 bits per heavy atom. The van der Waals surface area contributed by atoms with Gasteiger partial charge in [0.05, 0.1) is 17.6 Å². The average molecular weight is 453 g/mol. The largest absolute Gasteiger partial charge is 0.467 e. The van der Waals surface area contributed by atoms with Crippen LogP contribution in [0, 0.1) is 12.8 Å². The van der Waals surface area contributed by atoms with Crippen molar-refractivity contribution in [1.82, 2.24) is 0 Å². The maximum atomic E-state index is 13.4. The molecule has 3 aromatic rings. The number of amides is 2. The predicted octanol–water partition coefficient (Wildman–Crippen LogP) is 4.40. The van der Waals surface area contributed by atoms with E-state index in [1.165, 1.54) is 4.90 Å². The second kappa shape index (κ2) is 6.86. The molecule has 2 aliphatic rings. The summed E-state index contributed by atoms with van der Waals surface area (Å²) in [6.07, 6.45) is 0.660. The van der Waals surface area contributed by atoms with Crippen molar-refractivity contribution >= 4 is 39.1 Å². The van der Waals surface area contributed by atoms with Crippen LogP contribution in [0.2, 0.25) is 0 Å². The Morgan fingerprint density at radius 3 is 2.38 bits per heavy atom. The lowest BCUT2D eigenvalue weighted by atomic mass is 9.94. The standard InChI is InChI=1S/C22H17BrN2O4/c1-13-5-2-3-6-16(13)25-19(17-7-4-12-28-17)18-20(29-25)22(27)24(21(18)26)15-10-8-14(23)9-11-15/h2-12,18-20H,1H3/t18-,19-,20-/m1/s1. The van der Waals surface area contributed by atoms with Gasteiger partial charge >= 0.3 is 0 Å². The first-order valence-electron chi connectivity index (χ1n) is 9.24. The van der Waals surface area contributed by atoms with E-state index in [4.69, 9.17) is 9.25 Å². The number of para-hydroxylation sites is 1. The van der Waals surface area contributed by atoms with Gasteiger partial charge in [-0.1, -0.05) is 34.1 Å². The Kier molecular flexibility index (Phi) is 4.29. The second-order valence-electron chi connectivity index (χ2n) is 7.11. The summed E-state index contributed by atoms with van der Waals surface area (Å²) in [4.78, 5) is 33.9. The molecule has 0 aliphatic carbocycles. The van der Waals surface area contributed by atoms with Gasteiger partial charge in [0, 0.05) is 4.47 Å². The second-order valence-corrected chi connectivity index (χ2v) is 8.03. The molecule has 2 amide bonds. The first-order chi connectivity index (χ1) is 14.1. The number of anilines is 2. The normalized spacial score (nSPS) is 23.7. The SMILES string of the molecule is Cc1ccccc1N1O[C@H]2C(=O)N(c3ccc(Br)cc3)C(=O)[C@@H]2[C@H]1c1ccco1. The van der Waals surface area contributed by atoms with Crippen LogP contribution in [0.25, 0.3) is 0 Å². The highest BCUT2D eigenvalue weighted by Crippen LogP contribution is 2.48. The van der Waals surface area contributed by atoms with Crippen LogP contribution in [0.4, 0.5) is 11.4 Å². The molecule has 0 saturated carbocycles. The zero-order valence-corrected chi connectivity index (χ0v) is 17.1. The Morgan fingerprint density at radius 1 is 0.931 bits per heavy atom. The molecule has 0 radical (unpaired) electrons. The van der Waals surface area contributed by atoms with Crippen LogP contribution in [0.5, 0.6) is 0 Å². The number of halogens is 1. The Hall–Kier alpha value is -2.90. The molecule has 146 valence electrons. The van der Waals surface area contributed by atoms with Crippen LogP contribution in [-0.2, 0) is 14.4 Å². The fourth-order valence-corrected chi connectivity index (χ4v) is 4.29. The molecule has 2 saturated heterocycles. The van der Waals surface area contributed by atoms with Crippen molar-refractivity contribution < 1.29 is 18.8 Å². The third-order valence-electron chi connectivity index (χ3n) is 5.39. The van der Waals surface area contributed by atoms with Gasteiger partial charge in [-0.25, -0.2) is 9.96 Å². The van der Waals surface area contributed by atoms with E-state index in [0.29, 0.717) is 11.4 Å². The number of furan rings is 1. The fourth-order valence-electron chi connectivity index (χ4n) is 4.03. The number of carbonyl (C=O) groups is 2. The quantitative estimate of drug-likeness (QED) is 0.551. The van der Waals surface area contributed by atoms with E-state index in [1.54, 1.807) is 41.7 Å². The molecular formula is C22H17BrN2O4. The number of carbonyl (C=O) groups excluding carboxylic acids is 2. The summed E-state index contributed by atoms with van der Waals surface area (Å²) in [7, 11) is 0. The molecule has 2 aliphatic heterocycles. The molecule has 0 N–H and O–H groups in total. The molecule has 2 aromatic carbocycles. The van der Waals surface area contributed by atoms with E-state index in [2.05, 4.69) is 15.9 Å². The number of benzene rings is 2. The van der Waals surface area contributed by atoms with E-state index >= 15 is 0 Å². The van der Waals surface area contributed by atoms with Gasteiger partial charge in [0.2, 0.25) is 5.91 Å². The number of hydrogen-bond donors (Lipinski definition) is 0. The topological polar surface area (TPSA) is 63.0 Å². The van der Waals surface area contributed by atoms with Crippen LogP contribution in [0.3, 0.4) is 0 Å². The Balaban J connectivity index is 1.58. The minimum Gasteiger partial charge on any atom is -0.467 e. The molecule has 3 heterocycles. The molecule has 0 spiro atoms. The van der Waals surface area contributed by atoms with Gasteiger partial charge in [0.15, 0.2) is 6.10 Å². The maximum absolute atomic E-state index is 13.4. The van der Waals surface area contributed by atoms with Crippen molar-refractivity contribution in [3.63, 3.8) is 0 Å². The Bertz CT molecular complexity index is 1080. The number of hydrogen-bond acceptors (Lipinski definition) is 5. The summed E-state index contributed by atoms with van der Waals surface area (Å²) in [5.41, 5.74) is 2.31. The van der Waals surface area contributed by atoms with E-state index in [0.717, 1.165) is 15.7 Å². The molecule has 0 unspecified atom stereocenters. The van der Waals surface area contributed by atoms with Crippen LogP contribution in [-0.4, -0.2) is 17.9 Å². The summed E-state index contributed by atoms with van der Waals surface area (Å²) in [5.74, 6) is -0.772. The van der Waals surface area contributed by atoms with Crippen LogP contribution in [0.1, 0.15) is 17.4 Å². The number of imide groups is 1. The van der Waals surface area contributed by atoms with Gasteiger partial charge in [-0.3, -0.25) is 14.4 Å². The first-order valence-corrected chi connectivity index (χ1v) is 10.0. The number of hydroxylamine groups is 1. The van der Waals surface area contributed by atoms with Crippen LogP contribution < -0.4 is 9.96 Å². The lowest BCUT2D eigenvalue weighted by Gasteiger charge is -2.28. The summed E-state index contributed by atoms with van der Waals surface area (Å²) in [6, 6.07) is 17.8. The van der Waals surface area contributed by atoms with Crippen molar-refractivity contribution in [3.8, 4) is 0 Å². The predicted molar refractivity (Wildman–Crippen MR) is 110 cm³/mol. The van der Waals surface area contributed by atoms with E-state index in [-0.39, 0.29) is 11.8 Å². The molecule has 1 aromatic heterocycles. The molecule has 7 heteroatoms. The maximum Gasteiger partial charge on any atom is 0.266 e. The van der Waals surface area contributed by atoms with Gasteiger partial charge in [0.25, 0.3) is 5.91 Å². The highest BCUT2D eigenvalue weighted by atomic mass is 79.9. The summed E-state index contributed by atoms with van der Waals surface area (Å²) in [5, 5.41) is 1.65. The molecular weight excluding hydrogens is 436 g/mol. The lowest BCUT2D eigenvalue weighted by molar-refractivity contribution is -0.126. The van der Waals surface area contributed by atoms with Crippen molar-refractivity contribution in [2.75, 3.05) is 9.96 Å². The van der Waals surface area contributed by atoms with Crippen molar-refractivity contribution in [2.24, 2.45) is 5.92 Å². The lowest BCUT2D eigenvalue weighted by Crippen LogP contribution is -2.37. The molecule has 6 nitrogen and oxygen atoms in total. The van der Waals surface area contributed by atoms with Crippen LogP contribution in [0.15, 0.2) is 75.8 Å². The van der Waals surface area contributed by atoms with Crippen molar-refractivity contribution in [1.29, 1.82) is 0 Å². The Labute approximate surface area is 175 Å². The van der Waals surface area contributed by atoms with E-state index in [1.807, 2.05) is 37.3 Å². The number of fused-ring (bicyclic) bond motifs is 1. The van der Waals surface area contributed by atoms with Crippen molar-refractivity contribution in [3.05, 3.63) is 82.7 Å². The number of rotatable bonds is 3. The molecule has 3 atom stereocenters. The van der Waals surface area contributed by atoms with E-state index < -0.39 is 18.1 Å². The fraction of sp³-hybridized carbons (Fsp3) is 0.182. The average Bonchev–Trinajstić information content (AvgIpc) is 3.41. The van der Waals surface area contributed by atoms with Gasteiger partial charge in [0.1, 0.15) is 17.7 Å². The molecule has 5 rings (SSSR count). The van der Waals surface area contributed by atoms with Gasteiger partial charge in [-0.05, 0) is 55.0 Å². The van der Waals surface area contributed by atoms with Gasteiger partial charge in [-0.15, -0.1) is 0 Å². The first kappa shape index (κ1) is 18.1. The highest BCUT2D eigenvalue weighted by molar-refractivity contribution is 9.10. The van der Waals surface area contributed by atoms with Crippen molar-refractivity contribution in [2.45, 2.75) is 19.1 Å². The number of aryl methyl sites for hydroxylation is 1. The molecule has 29 heavy (non-hydrogen) atoms. The summed E-state index contributed by atoms with van der Waals surface area (Å²) in [6.45, 7) is 1.96. The summed E-state index contributed by atoms with van der Waals surface area (Å²) >= 11 is 3.38. The monoisotopic (exact) mass is 452 g/mol. The summed E-state index contributed by atoms with van der Waals surface area (Å²) < 4.78 is 6.52. The third kappa shape index (κ3) is 2.81. The van der Waals surface area contributed by atoms with E-state index in [9.17, 15) is 9.59 Å². The zero-order chi connectivity index (χ0) is 20.1. The minimum absolute atomic E-state index is 0.292. The smallest absolute Gasteiger partial charge is 0.266 e. The number of nitrogens with zero attached hydrogens (tertiary/aromatic N) is 2. The van der Waals surface area contributed by atoms with Gasteiger partial charge in [-0.2, -0.15) is 0 Å². The molecule has 2 fully saturated rings. The molecule has 0 bridgehead atoms. The van der Waals surface area contributed by atoms with Crippen LogP contribution >= 0.6 is 15.9 Å². The minimum atomic E-state index is -0.902. The third-order valence-corrected chi connectivity index (χ3v) is 5.92. The highest BCUT2D eigenvalue weighted by Gasteiger charge is 2.61.